The number of carbonyl (C=O) groups is 2. The number of rotatable bonds is 4. The fourth-order valence-electron chi connectivity index (χ4n) is 3.76. The monoisotopic (exact) mass is 380 g/mol. The molecule has 146 valence electrons. The second-order valence-electron chi connectivity index (χ2n) is 7.19. The number of nitrogens with zero attached hydrogens (tertiary/aromatic N) is 1. The third kappa shape index (κ3) is 3.42. The maximum absolute atomic E-state index is 12.9. The summed E-state index contributed by atoms with van der Waals surface area (Å²) >= 11 is 0. The van der Waals surface area contributed by atoms with Gasteiger partial charge in [0.05, 0.1) is 5.92 Å². The highest BCUT2D eigenvalue weighted by molar-refractivity contribution is 6.04. The molecule has 2 heterocycles. The maximum atomic E-state index is 12.9. The largest absolute Gasteiger partial charge is 0.486 e. The van der Waals surface area contributed by atoms with Gasteiger partial charge in [0.25, 0.3) is 0 Å². The average Bonchev–Trinajstić information content (AvgIpc) is 3.11. The van der Waals surface area contributed by atoms with Crippen molar-refractivity contribution in [2.45, 2.75) is 26.7 Å². The third-order valence-electron chi connectivity index (χ3n) is 5.32. The molecule has 2 amide bonds. The van der Waals surface area contributed by atoms with Crippen molar-refractivity contribution in [1.29, 1.82) is 0 Å². The van der Waals surface area contributed by atoms with Gasteiger partial charge in [-0.3, -0.25) is 9.59 Å². The Morgan fingerprint density at radius 1 is 1.18 bits per heavy atom. The highest BCUT2D eigenvalue weighted by atomic mass is 16.6. The molecule has 2 aliphatic heterocycles. The van der Waals surface area contributed by atoms with Gasteiger partial charge in [-0.2, -0.15) is 0 Å². The van der Waals surface area contributed by atoms with Crippen LogP contribution in [0.3, 0.4) is 0 Å². The fraction of sp³-hybridized carbons (Fsp3) is 0.364. The predicted octanol–water partition coefficient (Wildman–Crippen LogP) is 3.32. The Labute approximate surface area is 164 Å². The van der Waals surface area contributed by atoms with E-state index in [2.05, 4.69) is 12.2 Å². The number of nitrogens with one attached hydrogen (secondary N) is 1. The summed E-state index contributed by atoms with van der Waals surface area (Å²) in [6.07, 6.45) is 1.04. The zero-order valence-electron chi connectivity index (χ0n) is 16.2. The van der Waals surface area contributed by atoms with Gasteiger partial charge in [0.1, 0.15) is 13.2 Å². The second-order valence-corrected chi connectivity index (χ2v) is 7.19. The van der Waals surface area contributed by atoms with Crippen LogP contribution in [0.2, 0.25) is 0 Å². The van der Waals surface area contributed by atoms with E-state index in [0.717, 1.165) is 28.9 Å². The van der Waals surface area contributed by atoms with E-state index in [4.69, 9.17) is 9.47 Å². The number of aryl methyl sites for hydroxylation is 2. The van der Waals surface area contributed by atoms with E-state index in [1.807, 2.05) is 43.3 Å². The van der Waals surface area contributed by atoms with Crippen molar-refractivity contribution >= 4 is 23.2 Å². The molecule has 1 saturated heterocycles. The standard InChI is InChI=1S/C22H24N2O4/c1-3-15-6-4-5-14(2)21(15)23-22(26)16-11-20(25)24(13-16)17-7-8-18-19(12-17)28-10-9-27-18/h4-8,12,16H,3,9-11,13H2,1-2H3,(H,23,26). The van der Waals surface area contributed by atoms with Crippen molar-refractivity contribution in [3.8, 4) is 11.5 Å². The Morgan fingerprint density at radius 2 is 1.96 bits per heavy atom. The van der Waals surface area contributed by atoms with Gasteiger partial charge >= 0.3 is 0 Å². The molecule has 0 radical (unpaired) electrons. The summed E-state index contributed by atoms with van der Waals surface area (Å²) in [6, 6.07) is 11.4. The fourth-order valence-corrected chi connectivity index (χ4v) is 3.76. The molecule has 6 heteroatoms. The van der Waals surface area contributed by atoms with Crippen LogP contribution in [0.15, 0.2) is 36.4 Å². The predicted molar refractivity (Wildman–Crippen MR) is 107 cm³/mol. The number of para-hydroxylation sites is 1. The van der Waals surface area contributed by atoms with Crippen LogP contribution in [-0.2, 0) is 16.0 Å². The van der Waals surface area contributed by atoms with Crippen LogP contribution >= 0.6 is 0 Å². The Bertz CT molecular complexity index is 925. The highest BCUT2D eigenvalue weighted by Crippen LogP contribution is 2.36. The first-order valence-electron chi connectivity index (χ1n) is 9.66. The summed E-state index contributed by atoms with van der Waals surface area (Å²) < 4.78 is 11.1. The zero-order valence-corrected chi connectivity index (χ0v) is 16.2. The SMILES string of the molecule is CCc1cccc(C)c1NC(=O)C1CC(=O)N(c2ccc3c(c2)OCCO3)C1. The minimum absolute atomic E-state index is 0.0580. The van der Waals surface area contributed by atoms with Crippen LogP contribution in [0.25, 0.3) is 0 Å². The van der Waals surface area contributed by atoms with Crippen molar-refractivity contribution in [2.24, 2.45) is 5.92 Å². The van der Waals surface area contributed by atoms with Crippen molar-refractivity contribution < 1.29 is 19.1 Å². The molecule has 1 fully saturated rings. The summed E-state index contributed by atoms with van der Waals surface area (Å²) in [5, 5.41) is 3.05. The summed E-state index contributed by atoms with van der Waals surface area (Å²) in [5.41, 5.74) is 3.72. The Morgan fingerprint density at radius 3 is 2.75 bits per heavy atom. The van der Waals surface area contributed by atoms with E-state index in [9.17, 15) is 9.59 Å². The Balaban J connectivity index is 1.50. The van der Waals surface area contributed by atoms with Crippen LogP contribution in [0, 0.1) is 12.8 Å². The summed E-state index contributed by atoms with van der Waals surface area (Å²) in [7, 11) is 0. The smallest absolute Gasteiger partial charge is 0.229 e. The topological polar surface area (TPSA) is 67.9 Å². The van der Waals surface area contributed by atoms with Gasteiger partial charge in [-0.15, -0.1) is 0 Å². The van der Waals surface area contributed by atoms with Crippen molar-refractivity contribution in [3.63, 3.8) is 0 Å². The third-order valence-corrected chi connectivity index (χ3v) is 5.32. The molecule has 4 rings (SSSR count). The molecular formula is C22H24N2O4. The first-order chi connectivity index (χ1) is 13.6. The number of amides is 2. The van der Waals surface area contributed by atoms with E-state index in [1.54, 1.807) is 4.90 Å². The lowest BCUT2D eigenvalue weighted by Gasteiger charge is -2.22. The van der Waals surface area contributed by atoms with Gasteiger partial charge in [-0.05, 0) is 36.6 Å². The molecular weight excluding hydrogens is 356 g/mol. The van der Waals surface area contributed by atoms with E-state index < -0.39 is 0 Å². The van der Waals surface area contributed by atoms with E-state index in [0.29, 0.717) is 31.3 Å². The number of benzene rings is 2. The molecule has 6 nitrogen and oxygen atoms in total. The molecule has 28 heavy (non-hydrogen) atoms. The molecule has 2 aliphatic rings. The number of carbonyl (C=O) groups excluding carboxylic acids is 2. The van der Waals surface area contributed by atoms with Gasteiger partial charge in [-0.25, -0.2) is 0 Å². The molecule has 0 aromatic heterocycles. The van der Waals surface area contributed by atoms with E-state index >= 15 is 0 Å². The van der Waals surface area contributed by atoms with E-state index in [-0.39, 0.29) is 24.2 Å². The first-order valence-corrected chi connectivity index (χ1v) is 9.66. The molecule has 1 unspecified atom stereocenters. The summed E-state index contributed by atoms with van der Waals surface area (Å²) in [4.78, 5) is 27.1. The molecule has 0 spiro atoms. The van der Waals surface area contributed by atoms with Crippen molar-refractivity contribution in [1.82, 2.24) is 0 Å². The second kappa shape index (κ2) is 7.54. The lowest BCUT2D eigenvalue weighted by Crippen LogP contribution is -2.28. The molecule has 1 atom stereocenters. The maximum Gasteiger partial charge on any atom is 0.229 e. The number of hydrogen-bond acceptors (Lipinski definition) is 4. The van der Waals surface area contributed by atoms with Crippen LogP contribution in [0.5, 0.6) is 11.5 Å². The molecule has 2 aromatic rings. The average molecular weight is 380 g/mol. The lowest BCUT2D eigenvalue weighted by atomic mass is 10.0. The van der Waals surface area contributed by atoms with Crippen LogP contribution in [0.1, 0.15) is 24.5 Å². The Hall–Kier alpha value is -3.02. The van der Waals surface area contributed by atoms with Crippen LogP contribution < -0.4 is 19.7 Å². The Kier molecular flexibility index (Phi) is 4.94. The van der Waals surface area contributed by atoms with Gasteiger partial charge in [-0.1, -0.05) is 25.1 Å². The van der Waals surface area contributed by atoms with Gasteiger partial charge in [0, 0.05) is 30.4 Å². The van der Waals surface area contributed by atoms with Crippen molar-refractivity contribution in [3.05, 3.63) is 47.5 Å². The molecule has 1 N–H and O–H groups in total. The van der Waals surface area contributed by atoms with E-state index in [1.165, 1.54) is 0 Å². The molecule has 2 aromatic carbocycles. The first kappa shape index (κ1) is 18.3. The lowest BCUT2D eigenvalue weighted by molar-refractivity contribution is -0.122. The normalized spacial score (nSPS) is 18.3. The summed E-state index contributed by atoms with van der Waals surface area (Å²) in [5.74, 6) is 0.763. The number of fused-ring (bicyclic) bond motifs is 1. The van der Waals surface area contributed by atoms with Crippen LogP contribution in [0.4, 0.5) is 11.4 Å². The summed E-state index contributed by atoms with van der Waals surface area (Å²) in [6.45, 7) is 5.42. The van der Waals surface area contributed by atoms with Crippen LogP contribution in [-0.4, -0.2) is 31.6 Å². The minimum atomic E-state index is -0.384. The molecule has 0 bridgehead atoms. The zero-order chi connectivity index (χ0) is 19.7. The molecule has 0 aliphatic carbocycles. The molecule has 0 saturated carbocycles. The number of hydrogen-bond donors (Lipinski definition) is 1. The number of anilines is 2. The van der Waals surface area contributed by atoms with Gasteiger partial charge in [0.15, 0.2) is 11.5 Å². The van der Waals surface area contributed by atoms with Gasteiger partial charge < -0.3 is 19.7 Å². The highest BCUT2D eigenvalue weighted by Gasteiger charge is 2.36. The number of ether oxygens (including phenoxy) is 2. The van der Waals surface area contributed by atoms with Gasteiger partial charge in [0.2, 0.25) is 11.8 Å². The quantitative estimate of drug-likeness (QED) is 0.884. The van der Waals surface area contributed by atoms with Crippen molar-refractivity contribution in [2.75, 3.05) is 30.0 Å². The minimum Gasteiger partial charge on any atom is -0.486 e.